The highest BCUT2D eigenvalue weighted by atomic mass is 31.2. The summed E-state index contributed by atoms with van der Waals surface area (Å²) >= 11 is 0. The number of hydrogen-bond acceptors (Lipinski definition) is 9. The zero-order valence-corrected chi connectivity index (χ0v) is 29.5. The minimum absolute atomic E-state index is 0.0572. The van der Waals surface area contributed by atoms with Gasteiger partial charge in [0.1, 0.15) is 17.8 Å². The lowest BCUT2D eigenvalue weighted by Crippen LogP contribution is -2.74. The molecule has 2 saturated heterocycles. The van der Waals surface area contributed by atoms with E-state index in [0.717, 1.165) is 5.06 Å². The van der Waals surface area contributed by atoms with Crippen molar-refractivity contribution >= 4 is 31.4 Å². The summed E-state index contributed by atoms with van der Waals surface area (Å²) in [4.78, 5) is 63.8. The van der Waals surface area contributed by atoms with E-state index in [0.29, 0.717) is 38.5 Å². The summed E-state index contributed by atoms with van der Waals surface area (Å²) in [6.45, 7) is 16.9. The Morgan fingerprint density at radius 3 is 2.04 bits per heavy atom. The Balaban J connectivity index is 1.90. The fraction of sp³-hybridized carbons (Fsp3) is 0.871. The van der Waals surface area contributed by atoms with Crippen molar-refractivity contribution in [3.63, 3.8) is 0 Å². The van der Waals surface area contributed by atoms with E-state index >= 15 is 0 Å². The van der Waals surface area contributed by atoms with Gasteiger partial charge >= 0.3 is 13.7 Å². The molecule has 0 aromatic heterocycles. The number of hydrogen-bond donors (Lipinski definition) is 1. The van der Waals surface area contributed by atoms with Gasteiger partial charge in [0.25, 0.3) is 11.8 Å². The van der Waals surface area contributed by atoms with Crippen LogP contribution in [0.3, 0.4) is 0 Å². The predicted molar refractivity (Wildman–Crippen MR) is 168 cm³/mol. The number of rotatable bonds is 12. The number of hydroxylamine groups is 2. The molecule has 258 valence electrons. The molecule has 0 aromatic carbocycles. The van der Waals surface area contributed by atoms with Gasteiger partial charge in [-0.15, -0.1) is 0 Å². The van der Waals surface area contributed by atoms with Crippen LogP contribution in [-0.4, -0.2) is 101 Å². The SMILES string of the molecule is CCOP(=O)(CC(=O)N1O[C@H](CC(C)C)C(=O)N2[C@@H]1CN(C1CCC(NC(=O)OC(C)(C)C)CC1)C(=O)[C@@H]2CC(C)C)OCC. The van der Waals surface area contributed by atoms with Crippen molar-refractivity contribution in [1.82, 2.24) is 20.2 Å². The maximum Gasteiger partial charge on any atom is 0.407 e. The molecule has 1 saturated carbocycles. The zero-order valence-electron chi connectivity index (χ0n) is 28.6. The molecule has 3 rings (SSSR count). The van der Waals surface area contributed by atoms with Crippen molar-refractivity contribution in [1.29, 1.82) is 0 Å². The highest BCUT2D eigenvalue weighted by molar-refractivity contribution is 7.54. The van der Waals surface area contributed by atoms with Gasteiger partial charge < -0.3 is 28.9 Å². The summed E-state index contributed by atoms with van der Waals surface area (Å²) in [5.74, 6) is -0.925. The van der Waals surface area contributed by atoms with Crippen molar-refractivity contribution in [3.05, 3.63) is 0 Å². The highest BCUT2D eigenvalue weighted by Gasteiger charge is 2.54. The summed E-state index contributed by atoms with van der Waals surface area (Å²) in [5, 5.41) is 4.09. The van der Waals surface area contributed by atoms with E-state index < -0.39 is 49.7 Å². The van der Waals surface area contributed by atoms with Crippen LogP contribution >= 0.6 is 7.60 Å². The smallest absolute Gasteiger partial charge is 0.407 e. The van der Waals surface area contributed by atoms with Gasteiger partial charge in [-0.2, -0.15) is 5.06 Å². The number of ether oxygens (including phenoxy) is 1. The van der Waals surface area contributed by atoms with E-state index in [9.17, 15) is 23.7 Å². The minimum atomic E-state index is -3.78. The Kier molecular flexibility index (Phi) is 12.9. The Morgan fingerprint density at radius 2 is 1.53 bits per heavy atom. The molecule has 1 aliphatic carbocycles. The Morgan fingerprint density at radius 1 is 0.956 bits per heavy atom. The van der Waals surface area contributed by atoms with Crippen LogP contribution in [0.2, 0.25) is 0 Å². The third-order valence-electron chi connectivity index (χ3n) is 8.09. The lowest BCUT2D eigenvalue weighted by atomic mass is 9.88. The second-order valence-corrected chi connectivity index (χ2v) is 16.1. The maximum absolute atomic E-state index is 14.2. The summed E-state index contributed by atoms with van der Waals surface area (Å²) in [7, 11) is -3.78. The van der Waals surface area contributed by atoms with Crippen LogP contribution in [0, 0.1) is 11.8 Å². The largest absolute Gasteiger partial charge is 0.444 e. The van der Waals surface area contributed by atoms with E-state index in [1.807, 2.05) is 48.5 Å². The first-order valence-corrected chi connectivity index (χ1v) is 18.2. The van der Waals surface area contributed by atoms with Crippen LogP contribution in [0.1, 0.15) is 101 Å². The van der Waals surface area contributed by atoms with Gasteiger partial charge in [0.2, 0.25) is 5.91 Å². The van der Waals surface area contributed by atoms with Gasteiger partial charge in [-0.05, 0) is 85.0 Å². The predicted octanol–water partition coefficient (Wildman–Crippen LogP) is 4.69. The number of nitrogens with one attached hydrogen (secondary N) is 1. The van der Waals surface area contributed by atoms with E-state index in [2.05, 4.69) is 5.32 Å². The quantitative estimate of drug-likeness (QED) is 0.296. The van der Waals surface area contributed by atoms with Crippen molar-refractivity contribution in [2.45, 2.75) is 137 Å². The molecule has 14 heteroatoms. The summed E-state index contributed by atoms with van der Waals surface area (Å²) in [6, 6.07) is -1.02. The standard InChI is InChI=1S/C31H55N4O9P/c1-10-41-45(40,42-11-2)19-27(36)35-26-18-33(23-14-12-22(13-15-23)32-30(39)43-31(7,8)9)28(37)24(16-20(3)4)34(26)29(38)25(44-35)17-21(5)6/h20-26H,10-19H2,1-9H3,(H,32,39)/t22?,23?,24-,25+,26-/m0/s1. The van der Waals surface area contributed by atoms with E-state index in [-0.39, 0.29) is 55.5 Å². The van der Waals surface area contributed by atoms with Crippen LogP contribution in [0.25, 0.3) is 0 Å². The molecule has 0 bridgehead atoms. The summed E-state index contributed by atoms with van der Waals surface area (Å²) < 4.78 is 29.6. The molecular formula is C31H55N4O9P. The van der Waals surface area contributed by atoms with E-state index in [1.54, 1.807) is 18.7 Å². The minimum Gasteiger partial charge on any atom is -0.444 e. The number of fused-ring (bicyclic) bond motifs is 1. The Bertz CT molecular complexity index is 1090. The average molecular weight is 659 g/mol. The molecule has 4 amide bonds. The zero-order chi connectivity index (χ0) is 33.7. The van der Waals surface area contributed by atoms with Crippen molar-refractivity contribution < 1.29 is 42.4 Å². The lowest BCUT2D eigenvalue weighted by molar-refractivity contribution is -0.277. The molecule has 2 aliphatic heterocycles. The number of carbonyl (C=O) groups is 4. The molecule has 13 nitrogen and oxygen atoms in total. The molecule has 0 spiro atoms. The van der Waals surface area contributed by atoms with E-state index in [1.165, 1.54) is 4.90 Å². The third-order valence-corrected chi connectivity index (χ3v) is 10.1. The first-order chi connectivity index (χ1) is 21.0. The first-order valence-electron chi connectivity index (χ1n) is 16.5. The number of amides is 4. The second kappa shape index (κ2) is 15.6. The first kappa shape index (κ1) is 37.2. The number of alkyl carbamates (subject to hydrolysis) is 1. The van der Waals surface area contributed by atoms with Gasteiger partial charge in [-0.25, -0.2) is 4.79 Å². The second-order valence-electron chi connectivity index (χ2n) is 14.1. The number of carbonyl (C=O) groups excluding carboxylic acids is 4. The molecule has 3 fully saturated rings. The van der Waals surface area contributed by atoms with E-state index in [4.69, 9.17) is 18.6 Å². The molecule has 0 aromatic rings. The van der Waals surface area contributed by atoms with Gasteiger partial charge in [0, 0.05) is 12.1 Å². The van der Waals surface area contributed by atoms with Gasteiger partial charge in [0.15, 0.2) is 12.3 Å². The molecular weight excluding hydrogens is 603 g/mol. The lowest BCUT2D eigenvalue weighted by Gasteiger charge is -2.55. The number of piperazine rings is 1. The third kappa shape index (κ3) is 9.89. The molecule has 45 heavy (non-hydrogen) atoms. The number of nitrogens with zero attached hydrogens (tertiary/aromatic N) is 3. The van der Waals surface area contributed by atoms with Crippen LogP contribution in [0.4, 0.5) is 4.79 Å². The molecule has 0 radical (unpaired) electrons. The fourth-order valence-corrected chi connectivity index (χ4v) is 7.84. The van der Waals surface area contributed by atoms with Crippen LogP contribution < -0.4 is 5.32 Å². The molecule has 3 aliphatic rings. The van der Waals surface area contributed by atoms with Gasteiger partial charge in [0.05, 0.1) is 19.8 Å². The fourth-order valence-electron chi connectivity index (χ4n) is 6.33. The highest BCUT2D eigenvalue weighted by Crippen LogP contribution is 2.48. The topological polar surface area (TPSA) is 144 Å². The normalized spacial score (nSPS) is 26.4. The molecule has 3 atom stereocenters. The monoisotopic (exact) mass is 658 g/mol. The Labute approximate surface area is 268 Å². The van der Waals surface area contributed by atoms with Gasteiger partial charge in [-0.1, -0.05) is 27.7 Å². The molecule has 2 heterocycles. The Hall–Kier alpha value is -2.21. The summed E-state index contributed by atoms with van der Waals surface area (Å²) in [5.41, 5.74) is -0.602. The van der Waals surface area contributed by atoms with Gasteiger partial charge in [-0.3, -0.25) is 23.8 Å². The summed E-state index contributed by atoms with van der Waals surface area (Å²) in [6.07, 6.45) is 0.455. The van der Waals surface area contributed by atoms with Crippen LogP contribution in [-0.2, 0) is 37.6 Å². The maximum atomic E-state index is 14.2. The molecule has 1 N–H and O–H groups in total. The van der Waals surface area contributed by atoms with Crippen molar-refractivity contribution in [2.24, 2.45) is 11.8 Å². The average Bonchev–Trinajstić information content (AvgIpc) is 2.90. The van der Waals surface area contributed by atoms with Crippen LogP contribution in [0.15, 0.2) is 0 Å². The molecule has 0 unspecified atom stereocenters. The van der Waals surface area contributed by atoms with Crippen molar-refractivity contribution in [3.8, 4) is 0 Å². The van der Waals surface area contributed by atoms with Crippen molar-refractivity contribution in [2.75, 3.05) is 25.9 Å². The van der Waals surface area contributed by atoms with Crippen LogP contribution in [0.5, 0.6) is 0 Å².